The van der Waals surface area contributed by atoms with Crippen molar-refractivity contribution in [2.45, 2.75) is 25.4 Å². The molecule has 0 bridgehead atoms. The van der Waals surface area contributed by atoms with Gasteiger partial charge < -0.3 is 35.5 Å². The van der Waals surface area contributed by atoms with Gasteiger partial charge in [-0.2, -0.15) is 0 Å². The van der Waals surface area contributed by atoms with Crippen LogP contribution in [-0.4, -0.2) is 62.0 Å². The van der Waals surface area contributed by atoms with Crippen LogP contribution in [-0.2, 0) is 16.0 Å². The number of ether oxygens (including phenoxy) is 2. The number of aliphatic imine (C=N–C) groups is 1. The maximum atomic E-state index is 13.0. The van der Waals surface area contributed by atoms with E-state index in [9.17, 15) is 9.90 Å². The van der Waals surface area contributed by atoms with Gasteiger partial charge in [0.05, 0.1) is 36.8 Å². The molecule has 3 aliphatic heterocycles. The third-order valence-electron chi connectivity index (χ3n) is 5.64. The monoisotopic (exact) mass is 425 g/mol. The summed E-state index contributed by atoms with van der Waals surface area (Å²) in [5, 5.41) is 23.3. The SMILES string of the molecule is C[C@]1(CO)CCc2cc(NC(=O)/C(C=N)=C3\N=CC=CN3)c(N3CCOCC3)cc2O1. The Hall–Kier alpha value is -3.17. The number of hydrogen-bond donors (Lipinski definition) is 4. The van der Waals surface area contributed by atoms with E-state index in [4.69, 9.17) is 14.9 Å². The fraction of sp³-hybridized carbons (Fsp3) is 0.409. The molecule has 4 N–H and O–H groups in total. The van der Waals surface area contributed by atoms with E-state index in [1.165, 1.54) is 0 Å². The van der Waals surface area contributed by atoms with Gasteiger partial charge in [-0.15, -0.1) is 0 Å². The first-order valence-electron chi connectivity index (χ1n) is 10.3. The molecule has 1 amide bonds. The molecule has 0 aliphatic carbocycles. The van der Waals surface area contributed by atoms with Gasteiger partial charge in [-0.3, -0.25) is 4.79 Å². The molecule has 9 nitrogen and oxygen atoms in total. The zero-order chi connectivity index (χ0) is 21.8. The Labute approximate surface area is 180 Å². The number of amides is 1. The third-order valence-corrected chi connectivity index (χ3v) is 5.64. The minimum absolute atomic E-state index is 0.0595. The summed E-state index contributed by atoms with van der Waals surface area (Å²) < 4.78 is 11.6. The fourth-order valence-corrected chi connectivity index (χ4v) is 3.80. The van der Waals surface area contributed by atoms with Gasteiger partial charge in [0.15, 0.2) is 0 Å². The van der Waals surface area contributed by atoms with E-state index in [2.05, 4.69) is 20.5 Å². The number of carbonyl (C=O) groups excluding carboxylic acids is 1. The molecular weight excluding hydrogens is 398 g/mol. The first-order valence-corrected chi connectivity index (χ1v) is 10.3. The highest BCUT2D eigenvalue weighted by Crippen LogP contribution is 2.40. The smallest absolute Gasteiger partial charge is 0.261 e. The molecule has 164 valence electrons. The van der Waals surface area contributed by atoms with Crippen LogP contribution in [0.15, 0.2) is 40.8 Å². The highest BCUT2D eigenvalue weighted by Gasteiger charge is 2.32. The maximum absolute atomic E-state index is 13.0. The van der Waals surface area contributed by atoms with Crippen molar-refractivity contribution in [3.63, 3.8) is 0 Å². The number of aliphatic hydroxyl groups is 1. The topological polar surface area (TPSA) is 119 Å². The van der Waals surface area contributed by atoms with Gasteiger partial charge in [0.25, 0.3) is 5.91 Å². The van der Waals surface area contributed by atoms with E-state index >= 15 is 0 Å². The lowest BCUT2D eigenvalue weighted by atomic mass is 9.92. The molecule has 0 radical (unpaired) electrons. The van der Waals surface area contributed by atoms with Gasteiger partial charge in [-0.05, 0) is 37.5 Å². The molecule has 1 aromatic carbocycles. The lowest BCUT2D eigenvalue weighted by Gasteiger charge is -2.36. The first-order chi connectivity index (χ1) is 15.0. The predicted molar refractivity (Wildman–Crippen MR) is 119 cm³/mol. The second kappa shape index (κ2) is 8.91. The average Bonchev–Trinajstić information content (AvgIpc) is 2.80. The Morgan fingerprint density at radius 2 is 2.23 bits per heavy atom. The van der Waals surface area contributed by atoms with E-state index in [1.807, 2.05) is 19.1 Å². The van der Waals surface area contributed by atoms with Crippen LogP contribution in [0.2, 0.25) is 0 Å². The summed E-state index contributed by atoms with van der Waals surface area (Å²) in [6.45, 7) is 4.41. The van der Waals surface area contributed by atoms with Crippen LogP contribution >= 0.6 is 0 Å². The van der Waals surface area contributed by atoms with E-state index in [1.54, 1.807) is 18.5 Å². The zero-order valence-corrected chi connectivity index (χ0v) is 17.5. The van der Waals surface area contributed by atoms with Crippen LogP contribution in [0.25, 0.3) is 0 Å². The number of morpholine rings is 1. The van der Waals surface area contributed by atoms with Crippen molar-refractivity contribution < 1.29 is 19.4 Å². The van der Waals surface area contributed by atoms with Gasteiger partial charge in [0.1, 0.15) is 17.2 Å². The second-order valence-corrected chi connectivity index (χ2v) is 7.93. The molecule has 1 aromatic rings. The van der Waals surface area contributed by atoms with Gasteiger partial charge >= 0.3 is 0 Å². The van der Waals surface area contributed by atoms with Crippen molar-refractivity contribution in [3.8, 4) is 5.75 Å². The van der Waals surface area contributed by atoms with Gasteiger partial charge in [0, 0.05) is 37.8 Å². The number of carbonyl (C=O) groups is 1. The number of fused-ring (bicyclic) bond motifs is 1. The Bertz CT molecular complexity index is 965. The summed E-state index contributed by atoms with van der Waals surface area (Å²) in [5.41, 5.74) is 1.97. The van der Waals surface area contributed by atoms with Crippen LogP contribution in [0, 0.1) is 5.41 Å². The quantitative estimate of drug-likeness (QED) is 0.420. The van der Waals surface area contributed by atoms with Crippen molar-refractivity contribution in [1.29, 1.82) is 5.41 Å². The van der Waals surface area contributed by atoms with Crippen molar-refractivity contribution in [2.75, 3.05) is 43.1 Å². The number of aliphatic hydroxyl groups excluding tert-OH is 1. The Kier molecular flexibility index (Phi) is 6.06. The lowest BCUT2D eigenvalue weighted by Crippen LogP contribution is -2.40. The molecule has 0 aromatic heterocycles. The molecule has 0 saturated carbocycles. The normalized spacial score (nSPS) is 24.0. The summed E-state index contributed by atoms with van der Waals surface area (Å²) >= 11 is 0. The molecule has 1 atom stereocenters. The molecule has 9 heteroatoms. The molecule has 31 heavy (non-hydrogen) atoms. The molecular formula is C22H27N5O4. The van der Waals surface area contributed by atoms with E-state index in [0.29, 0.717) is 44.2 Å². The van der Waals surface area contributed by atoms with Crippen LogP contribution in [0.1, 0.15) is 18.9 Å². The highest BCUT2D eigenvalue weighted by atomic mass is 16.5. The lowest BCUT2D eigenvalue weighted by molar-refractivity contribution is -0.112. The number of aryl methyl sites for hydroxylation is 1. The molecule has 0 spiro atoms. The molecule has 0 unspecified atom stereocenters. The minimum Gasteiger partial charge on any atom is -0.485 e. The second-order valence-electron chi connectivity index (χ2n) is 7.93. The number of anilines is 2. The van der Waals surface area contributed by atoms with E-state index in [0.717, 1.165) is 29.6 Å². The number of hydrogen-bond acceptors (Lipinski definition) is 8. The average molecular weight is 425 g/mol. The van der Waals surface area contributed by atoms with Gasteiger partial charge in [-0.1, -0.05) is 0 Å². The maximum Gasteiger partial charge on any atom is 0.261 e. The van der Waals surface area contributed by atoms with Crippen molar-refractivity contribution in [2.24, 2.45) is 4.99 Å². The van der Waals surface area contributed by atoms with Crippen LogP contribution in [0.4, 0.5) is 11.4 Å². The Balaban J connectivity index is 1.69. The van der Waals surface area contributed by atoms with Crippen LogP contribution in [0.3, 0.4) is 0 Å². The summed E-state index contributed by atoms with van der Waals surface area (Å²) in [6.07, 6.45) is 7.35. The van der Waals surface area contributed by atoms with Crippen LogP contribution in [0.5, 0.6) is 5.75 Å². The van der Waals surface area contributed by atoms with E-state index < -0.39 is 11.5 Å². The number of allylic oxidation sites excluding steroid dienone is 1. The number of benzene rings is 1. The van der Waals surface area contributed by atoms with E-state index in [-0.39, 0.29) is 12.2 Å². The van der Waals surface area contributed by atoms with Crippen LogP contribution < -0.4 is 20.3 Å². The van der Waals surface area contributed by atoms with Gasteiger partial charge in [-0.25, -0.2) is 4.99 Å². The van der Waals surface area contributed by atoms with Crippen molar-refractivity contribution >= 4 is 29.7 Å². The zero-order valence-electron chi connectivity index (χ0n) is 17.5. The van der Waals surface area contributed by atoms with Crippen molar-refractivity contribution in [3.05, 3.63) is 41.4 Å². The third kappa shape index (κ3) is 4.47. The summed E-state index contributed by atoms with van der Waals surface area (Å²) in [4.78, 5) is 19.3. The summed E-state index contributed by atoms with van der Waals surface area (Å²) in [5.74, 6) is 0.621. The summed E-state index contributed by atoms with van der Waals surface area (Å²) in [7, 11) is 0. The largest absolute Gasteiger partial charge is 0.485 e. The highest BCUT2D eigenvalue weighted by molar-refractivity contribution is 6.18. The molecule has 3 heterocycles. The minimum atomic E-state index is -0.615. The molecule has 4 rings (SSSR count). The first kappa shape index (κ1) is 21.1. The standard InChI is InChI=1S/C22H27N5O4/c1-22(14-28)4-3-15-11-17(18(12-19(15)31-22)27-7-9-30-10-8-27)26-21(29)16(13-23)20-24-5-2-6-25-20/h2,5-6,11-13,23-24,28H,3-4,7-10,14H2,1H3,(H,26,29)/b20-16-,23-13?/t22-/m1/s1. The number of rotatable bonds is 5. The Morgan fingerprint density at radius 1 is 1.42 bits per heavy atom. The predicted octanol–water partition coefficient (Wildman–Crippen LogP) is 1.59. The van der Waals surface area contributed by atoms with Gasteiger partial charge in [0.2, 0.25) is 0 Å². The molecule has 1 fully saturated rings. The Morgan fingerprint density at radius 3 is 2.90 bits per heavy atom. The molecule has 1 saturated heterocycles. The fourth-order valence-electron chi connectivity index (χ4n) is 3.80. The van der Waals surface area contributed by atoms with Crippen molar-refractivity contribution in [1.82, 2.24) is 5.32 Å². The number of nitrogens with one attached hydrogen (secondary N) is 3. The summed E-state index contributed by atoms with van der Waals surface area (Å²) in [6, 6.07) is 3.86. The number of nitrogens with zero attached hydrogens (tertiary/aromatic N) is 2. The molecule has 3 aliphatic rings.